The highest BCUT2D eigenvalue weighted by Gasteiger charge is 2.35. The summed E-state index contributed by atoms with van der Waals surface area (Å²) in [6.45, 7) is 0.130. The van der Waals surface area contributed by atoms with E-state index < -0.39 is 6.04 Å². The molecule has 0 aliphatic carbocycles. The van der Waals surface area contributed by atoms with Gasteiger partial charge < -0.3 is 15.1 Å². The van der Waals surface area contributed by atoms with E-state index in [0.29, 0.717) is 6.54 Å². The Morgan fingerprint density at radius 1 is 1.13 bits per heavy atom. The number of carbonyl (C=O) groups is 1. The summed E-state index contributed by atoms with van der Waals surface area (Å²) in [6, 6.07) is 14.3. The van der Waals surface area contributed by atoms with Crippen molar-refractivity contribution in [3.05, 3.63) is 72.2 Å². The van der Waals surface area contributed by atoms with Crippen LogP contribution in [0.2, 0.25) is 0 Å². The molecule has 5 nitrogen and oxygen atoms in total. The summed E-state index contributed by atoms with van der Waals surface area (Å²) in [5.74, 6) is -0.521. The number of benzene rings is 1. The van der Waals surface area contributed by atoms with Crippen molar-refractivity contribution >= 4 is 11.6 Å². The molecule has 1 aliphatic rings. The molecule has 0 fully saturated rings. The normalized spacial score (nSPS) is 16.6. The van der Waals surface area contributed by atoms with Crippen molar-refractivity contribution in [3.8, 4) is 0 Å². The second kappa shape index (κ2) is 6.62. The third-order valence-electron chi connectivity index (χ3n) is 4.01. The molecule has 2 heterocycles. The number of hydrogen-bond donors (Lipinski definition) is 1. The third-order valence-corrected chi connectivity index (χ3v) is 4.01. The SMILES string of the molecule is O=C1C([n+]2ccccc2)=C([O-])CCN1[C@@H](CO)c1ccccc1. The van der Waals surface area contributed by atoms with Crippen LogP contribution in [0.5, 0.6) is 0 Å². The predicted octanol–water partition coefficient (Wildman–Crippen LogP) is 0.469. The summed E-state index contributed by atoms with van der Waals surface area (Å²) in [4.78, 5) is 14.4. The summed E-state index contributed by atoms with van der Waals surface area (Å²) < 4.78 is 1.55. The summed E-state index contributed by atoms with van der Waals surface area (Å²) in [7, 11) is 0. The molecule has 1 aromatic carbocycles. The number of aromatic nitrogens is 1. The van der Waals surface area contributed by atoms with Crippen LogP contribution in [0.15, 0.2) is 66.7 Å². The number of nitrogens with zero attached hydrogens (tertiary/aromatic N) is 2. The first kappa shape index (κ1) is 15.2. The minimum absolute atomic E-state index is 0.131. The third kappa shape index (κ3) is 2.96. The minimum Gasteiger partial charge on any atom is -0.871 e. The molecule has 0 saturated carbocycles. The number of amides is 1. The molecule has 1 atom stereocenters. The molecule has 1 aliphatic heterocycles. The molecule has 0 bridgehead atoms. The van der Waals surface area contributed by atoms with Crippen LogP contribution in [-0.2, 0) is 4.79 Å². The number of hydrogen-bond acceptors (Lipinski definition) is 3. The Kier molecular flexibility index (Phi) is 4.39. The van der Waals surface area contributed by atoms with Crippen LogP contribution in [0.1, 0.15) is 18.0 Å². The fourth-order valence-corrected chi connectivity index (χ4v) is 2.86. The van der Waals surface area contributed by atoms with Gasteiger partial charge in [-0.2, -0.15) is 4.57 Å². The van der Waals surface area contributed by atoms with Gasteiger partial charge in [0, 0.05) is 18.7 Å². The monoisotopic (exact) mass is 310 g/mol. The first-order valence-corrected chi connectivity index (χ1v) is 7.56. The van der Waals surface area contributed by atoms with Crippen LogP contribution in [-0.4, -0.2) is 29.1 Å². The summed E-state index contributed by atoms with van der Waals surface area (Å²) in [6.07, 6.45) is 3.63. The van der Waals surface area contributed by atoms with Gasteiger partial charge in [0.05, 0.1) is 12.6 Å². The number of rotatable bonds is 4. The average Bonchev–Trinajstić information content (AvgIpc) is 2.59. The first-order valence-electron chi connectivity index (χ1n) is 7.56. The summed E-state index contributed by atoms with van der Waals surface area (Å²) >= 11 is 0. The van der Waals surface area contributed by atoms with E-state index in [-0.39, 0.29) is 30.4 Å². The summed E-state index contributed by atoms with van der Waals surface area (Å²) in [5, 5.41) is 22.0. The molecule has 0 spiro atoms. The van der Waals surface area contributed by atoms with Gasteiger partial charge in [0.2, 0.25) is 0 Å². The summed E-state index contributed by atoms with van der Waals surface area (Å²) in [5.41, 5.74) is 0.987. The van der Waals surface area contributed by atoms with E-state index in [2.05, 4.69) is 0 Å². The Balaban J connectivity index is 1.96. The number of aliphatic hydroxyl groups excluding tert-OH is 1. The molecule has 23 heavy (non-hydrogen) atoms. The second-order valence-electron chi connectivity index (χ2n) is 5.41. The maximum Gasteiger partial charge on any atom is 0.318 e. The molecular weight excluding hydrogens is 292 g/mol. The van der Waals surface area contributed by atoms with Gasteiger partial charge in [-0.25, -0.2) is 0 Å². The van der Waals surface area contributed by atoms with Crippen LogP contribution in [0, 0.1) is 0 Å². The Labute approximate surface area is 134 Å². The van der Waals surface area contributed by atoms with Crippen molar-refractivity contribution in [1.29, 1.82) is 0 Å². The van der Waals surface area contributed by atoms with Crippen LogP contribution in [0.3, 0.4) is 0 Å². The van der Waals surface area contributed by atoms with E-state index in [9.17, 15) is 15.0 Å². The molecule has 3 rings (SSSR count). The van der Waals surface area contributed by atoms with Gasteiger partial charge >= 0.3 is 5.91 Å². The largest absolute Gasteiger partial charge is 0.871 e. The quantitative estimate of drug-likeness (QED) is 0.835. The Morgan fingerprint density at radius 2 is 1.78 bits per heavy atom. The Hall–Kier alpha value is -2.66. The molecule has 1 N–H and O–H groups in total. The van der Waals surface area contributed by atoms with Crippen molar-refractivity contribution in [3.63, 3.8) is 0 Å². The zero-order chi connectivity index (χ0) is 16.2. The van der Waals surface area contributed by atoms with E-state index in [1.165, 1.54) is 0 Å². The molecule has 0 unspecified atom stereocenters. The van der Waals surface area contributed by atoms with Crippen LogP contribution in [0.25, 0.3) is 5.70 Å². The van der Waals surface area contributed by atoms with E-state index in [4.69, 9.17) is 0 Å². The second-order valence-corrected chi connectivity index (χ2v) is 5.41. The highest BCUT2D eigenvalue weighted by Crippen LogP contribution is 2.26. The van der Waals surface area contributed by atoms with Crippen LogP contribution < -0.4 is 9.67 Å². The van der Waals surface area contributed by atoms with Crippen molar-refractivity contribution in [1.82, 2.24) is 4.90 Å². The van der Waals surface area contributed by atoms with Crippen molar-refractivity contribution in [2.24, 2.45) is 0 Å². The fraction of sp³-hybridized carbons (Fsp3) is 0.222. The molecule has 118 valence electrons. The lowest BCUT2D eigenvalue weighted by atomic mass is 10.0. The standard InChI is InChI=1S/C18H18N2O3/c21-13-15(14-7-3-1-4-8-14)20-12-9-16(22)17(18(20)23)19-10-5-2-6-11-19/h1-8,10-11,15,21H,9,12-13H2/t15-/m0/s1. The molecule has 0 radical (unpaired) electrons. The van der Waals surface area contributed by atoms with Gasteiger partial charge in [-0.1, -0.05) is 36.4 Å². The van der Waals surface area contributed by atoms with Gasteiger partial charge in [0.25, 0.3) is 5.70 Å². The van der Waals surface area contributed by atoms with Gasteiger partial charge in [-0.05, 0) is 17.7 Å². The highest BCUT2D eigenvalue weighted by molar-refractivity contribution is 6.11. The zero-order valence-electron chi connectivity index (χ0n) is 12.6. The topological polar surface area (TPSA) is 67.5 Å². The fourth-order valence-electron chi connectivity index (χ4n) is 2.86. The highest BCUT2D eigenvalue weighted by atomic mass is 16.3. The zero-order valence-corrected chi connectivity index (χ0v) is 12.6. The number of carbonyl (C=O) groups excluding carboxylic acids is 1. The van der Waals surface area contributed by atoms with E-state index >= 15 is 0 Å². The lowest BCUT2D eigenvalue weighted by molar-refractivity contribution is -0.583. The predicted molar refractivity (Wildman–Crippen MR) is 82.5 cm³/mol. The van der Waals surface area contributed by atoms with Gasteiger partial charge in [0.15, 0.2) is 12.4 Å². The first-order chi connectivity index (χ1) is 11.2. The smallest absolute Gasteiger partial charge is 0.318 e. The lowest BCUT2D eigenvalue weighted by Crippen LogP contribution is -2.50. The van der Waals surface area contributed by atoms with E-state index in [1.54, 1.807) is 34.0 Å². The minimum atomic E-state index is -0.448. The molecular formula is C18H18N2O3. The van der Waals surface area contributed by atoms with Crippen molar-refractivity contribution in [2.45, 2.75) is 12.5 Å². The van der Waals surface area contributed by atoms with Crippen molar-refractivity contribution in [2.75, 3.05) is 13.2 Å². The molecule has 1 aromatic heterocycles. The van der Waals surface area contributed by atoms with Crippen LogP contribution in [0.4, 0.5) is 0 Å². The van der Waals surface area contributed by atoms with Gasteiger partial charge in [0.1, 0.15) is 0 Å². The molecule has 2 aromatic rings. The van der Waals surface area contributed by atoms with Gasteiger partial charge in [-0.15, -0.1) is 0 Å². The Bertz CT molecular complexity index is 714. The maximum atomic E-state index is 12.8. The Morgan fingerprint density at radius 3 is 2.43 bits per heavy atom. The van der Waals surface area contributed by atoms with E-state index in [1.807, 2.05) is 36.4 Å². The number of pyridine rings is 1. The van der Waals surface area contributed by atoms with Crippen molar-refractivity contribution < 1.29 is 19.6 Å². The number of aliphatic hydroxyl groups is 1. The van der Waals surface area contributed by atoms with E-state index in [0.717, 1.165) is 5.56 Å². The maximum absolute atomic E-state index is 12.8. The van der Waals surface area contributed by atoms with Crippen LogP contribution >= 0.6 is 0 Å². The van der Waals surface area contributed by atoms with Gasteiger partial charge in [-0.3, -0.25) is 4.79 Å². The lowest BCUT2D eigenvalue weighted by Gasteiger charge is -2.35. The molecule has 0 saturated heterocycles. The molecule has 5 heteroatoms. The molecule has 1 amide bonds. The average molecular weight is 310 g/mol.